The Kier molecular flexibility index (Phi) is 5.76. The van der Waals surface area contributed by atoms with Crippen molar-refractivity contribution < 1.29 is 18.7 Å². The van der Waals surface area contributed by atoms with Crippen LogP contribution < -0.4 is 20.4 Å². The summed E-state index contributed by atoms with van der Waals surface area (Å²) >= 11 is 0. The summed E-state index contributed by atoms with van der Waals surface area (Å²) in [7, 11) is 1.62. The highest BCUT2D eigenvalue weighted by atomic mass is 16.5. The maximum absolute atomic E-state index is 12.2. The quantitative estimate of drug-likeness (QED) is 0.650. The molecule has 6 nitrogen and oxygen atoms in total. The van der Waals surface area contributed by atoms with Gasteiger partial charge >= 0.3 is 5.63 Å². The molecule has 6 heteroatoms. The molecule has 1 unspecified atom stereocenters. The lowest BCUT2D eigenvalue weighted by Gasteiger charge is -2.15. The SMILES string of the molecule is COc1ccc(CCNC(=O)C(C)Oc2ccc3ccc(=O)oc3c2)cc1. The smallest absolute Gasteiger partial charge is 0.336 e. The number of hydrogen-bond donors (Lipinski definition) is 1. The number of fused-ring (bicyclic) bond motifs is 1. The van der Waals surface area contributed by atoms with Crippen LogP contribution in [0.1, 0.15) is 12.5 Å². The van der Waals surface area contributed by atoms with Crippen LogP contribution in [-0.2, 0) is 11.2 Å². The highest BCUT2D eigenvalue weighted by Gasteiger charge is 2.14. The summed E-state index contributed by atoms with van der Waals surface area (Å²) < 4.78 is 15.9. The van der Waals surface area contributed by atoms with Gasteiger partial charge < -0.3 is 19.2 Å². The second kappa shape index (κ2) is 8.40. The monoisotopic (exact) mass is 367 g/mol. The van der Waals surface area contributed by atoms with Crippen LogP contribution in [0.5, 0.6) is 11.5 Å². The lowest BCUT2D eigenvalue weighted by Crippen LogP contribution is -2.37. The molecule has 1 heterocycles. The molecule has 0 spiro atoms. The van der Waals surface area contributed by atoms with Gasteiger partial charge in [0, 0.05) is 24.1 Å². The number of rotatable bonds is 7. The zero-order chi connectivity index (χ0) is 19.2. The van der Waals surface area contributed by atoms with Crippen molar-refractivity contribution in [3.63, 3.8) is 0 Å². The van der Waals surface area contributed by atoms with Crippen LogP contribution in [-0.4, -0.2) is 25.7 Å². The van der Waals surface area contributed by atoms with E-state index in [1.54, 1.807) is 38.3 Å². The third kappa shape index (κ3) is 4.88. The predicted molar refractivity (Wildman–Crippen MR) is 102 cm³/mol. The number of methoxy groups -OCH3 is 1. The third-order valence-electron chi connectivity index (χ3n) is 4.15. The Hall–Kier alpha value is -3.28. The van der Waals surface area contributed by atoms with Crippen molar-refractivity contribution in [3.8, 4) is 11.5 Å². The van der Waals surface area contributed by atoms with Gasteiger partial charge in [0.15, 0.2) is 6.10 Å². The van der Waals surface area contributed by atoms with Crippen molar-refractivity contribution in [1.82, 2.24) is 5.32 Å². The van der Waals surface area contributed by atoms with E-state index < -0.39 is 11.7 Å². The topological polar surface area (TPSA) is 77.8 Å². The maximum atomic E-state index is 12.2. The van der Waals surface area contributed by atoms with Crippen LogP contribution in [0.4, 0.5) is 0 Å². The summed E-state index contributed by atoms with van der Waals surface area (Å²) in [5.41, 5.74) is 1.10. The van der Waals surface area contributed by atoms with E-state index in [4.69, 9.17) is 13.9 Å². The minimum absolute atomic E-state index is 0.210. The summed E-state index contributed by atoms with van der Waals surface area (Å²) in [4.78, 5) is 23.5. The Morgan fingerprint density at radius 2 is 1.78 bits per heavy atom. The number of ether oxygens (including phenoxy) is 2. The highest BCUT2D eigenvalue weighted by Crippen LogP contribution is 2.20. The number of carbonyl (C=O) groups excluding carboxylic acids is 1. The minimum atomic E-state index is -0.672. The van der Waals surface area contributed by atoms with Gasteiger partial charge in [-0.25, -0.2) is 4.79 Å². The first-order chi connectivity index (χ1) is 13.0. The molecule has 0 aliphatic rings. The fourth-order valence-corrected chi connectivity index (χ4v) is 2.64. The van der Waals surface area contributed by atoms with Crippen molar-refractivity contribution in [2.24, 2.45) is 0 Å². The van der Waals surface area contributed by atoms with Gasteiger partial charge in [-0.2, -0.15) is 0 Å². The first kappa shape index (κ1) is 18.5. The summed E-state index contributed by atoms with van der Waals surface area (Å²) in [6.07, 6.45) is 0.0394. The van der Waals surface area contributed by atoms with Crippen LogP contribution in [0.25, 0.3) is 11.0 Å². The van der Waals surface area contributed by atoms with E-state index in [0.29, 0.717) is 24.3 Å². The Labute approximate surface area is 156 Å². The number of benzene rings is 2. The molecule has 27 heavy (non-hydrogen) atoms. The number of nitrogens with one attached hydrogen (secondary N) is 1. The zero-order valence-electron chi connectivity index (χ0n) is 15.2. The summed E-state index contributed by atoms with van der Waals surface area (Å²) in [6, 6.07) is 15.9. The average Bonchev–Trinajstić information content (AvgIpc) is 2.68. The van der Waals surface area contributed by atoms with Gasteiger partial charge in [0.1, 0.15) is 17.1 Å². The molecule has 0 fully saturated rings. The maximum Gasteiger partial charge on any atom is 0.336 e. The fraction of sp³-hybridized carbons (Fsp3) is 0.238. The van der Waals surface area contributed by atoms with E-state index in [9.17, 15) is 9.59 Å². The molecular formula is C21H21NO5. The second-order valence-corrected chi connectivity index (χ2v) is 6.10. The van der Waals surface area contributed by atoms with Crippen molar-refractivity contribution in [1.29, 1.82) is 0 Å². The molecule has 2 aromatic carbocycles. The molecule has 1 N–H and O–H groups in total. The first-order valence-corrected chi connectivity index (χ1v) is 8.66. The predicted octanol–water partition coefficient (Wildman–Crippen LogP) is 2.93. The molecule has 1 atom stereocenters. The lowest BCUT2D eigenvalue weighted by molar-refractivity contribution is -0.127. The summed E-state index contributed by atoms with van der Waals surface area (Å²) in [5, 5.41) is 3.65. The Bertz CT molecular complexity index is 978. The van der Waals surface area contributed by atoms with Crippen molar-refractivity contribution in [2.45, 2.75) is 19.4 Å². The van der Waals surface area contributed by atoms with E-state index in [2.05, 4.69) is 5.32 Å². The molecule has 0 saturated heterocycles. The minimum Gasteiger partial charge on any atom is -0.497 e. The molecule has 0 aliphatic heterocycles. The molecule has 0 bridgehead atoms. The largest absolute Gasteiger partial charge is 0.497 e. The normalized spacial score (nSPS) is 11.8. The van der Waals surface area contributed by atoms with Crippen LogP contribution >= 0.6 is 0 Å². The second-order valence-electron chi connectivity index (χ2n) is 6.10. The van der Waals surface area contributed by atoms with Crippen LogP contribution in [0.3, 0.4) is 0 Å². The Morgan fingerprint density at radius 1 is 1.07 bits per heavy atom. The summed E-state index contributed by atoms with van der Waals surface area (Å²) in [5.74, 6) is 1.06. The molecule has 3 aromatic rings. The number of carbonyl (C=O) groups is 1. The first-order valence-electron chi connectivity index (χ1n) is 8.66. The highest BCUT2D eigenvalue weighted by molar-refractivity contribution is 5.81. The number of amides is 1. The van der Waals surface area contributed by atoms with Crippen LogP contribution in [0.15, 0.2) is 63.8 Å². The van der Waals surface area contributed by atoms with Gasteiger partial charge in [0.05, 0.1) is 7.11 Å². The number of hydrogen-bond acceptors (Lipinski definition) is 5. The molecule has 0 saturated carbocycles. The third-order valence-corrected chi connectivity index (χ3v) is 4.15. The molecular weight excluding hydrogens is 346 g/mol. The van der Waals surface area contributed by atoms with Gasteiger partial charge in [-0.1, -0.05) is 12.1 Å². The Morgan fingerprint density at radius 3 is 2.52 bits per heavy atom. The van der Waals surface area contributed by atoms with Gasteiger partial charge in [0.25, 0.3) is 5.91 Å². The zero-order valence-corrected chi connectivity index (χ0v) is 15.2. The average molecular weight is 367 g/mol. The van der Waals surface area contributed by atoms with E-state index in [1.165, 1.54) is 6.07 Å². The molecule has 1 amide bonds. The van der Waals surface area contributed by atoms with E-state index in [1.807, 2.05) is 24.3 Å². The molecule has 0 radical (unpaired) electrons. The van der Waals surface area contributed by atoms with Crippen molar-refractivity contribution >= 4 is 16.9 Å². The fourth-order valence-electron chi connectivity index (χ4n) is 2.64. The molecule has 140 valence electrons. The van der Waals surface area contributed by atoms with Gasteiger partial charge in [-0.15, -0.1) is 0 Å². The van der Waals surface area contributed by atoms with Gasteiger partial charge in [-0.05, 0) is 49.2 Å². The standard InChI is InChI=1S/C21H21NO5/c1-14(21(24)22-12-11-15-3-7-17(25-2)8-4-15)26-18-9-5-16-6-10-20(23)27-19(16)13-18/h3-10,13-14H,11-12H2,1-2H3,(H,22,24). The van der Waals surface area contributed by atoms with Gasteiger partial charge in [0.2, 0.25) is 0 Å². The Balaban J connectivity index is 1.53. The van der Waals surface area contributed by atoms with Crippen molar-refractivity contribution in [2.75, 3.05) is 13.7 Å². The molecule has 0 aliphatic carbocycles. The van der Waals surface area contributed by atoms with Crippen LogP contribution in [0, 0.1) is 0 Å². The molecule has 3 rings (SSSR count). The van der Waals surface area contributed by atoms with E-state index in [-0.39, 0.29) is 5.91 Å². The molecule has 1 aromatic heterocycles. The van der Waals surface area contributed by atoms with E-state index in [0.717, 1.165) is 16.7 Å². The van der Waals surface area contributed by atoms with Crippen molar-refractivity contribution in [3.05, 3.63) is 70.6 Å². The van der Waals surface area contributed by atoms with E-state index >= 15 is 0 Å². The van der Waals surface area contributed by atoms with Crippen LogP contribution in [0.2, 0.25) is 0 Å². The lowest BCUT2D eigenvalue weighted by atomic mass is 10.1. The summed E-state index contributed by atoms with van der Waals surface area (Å²) in [6.45, 7) is 2.18. The van der Waals surface area contributed by atoms with Gasteiger partial charge in [-0.3, -0.25) is 4.79 Å².